The number of halogens is 3. The van der Waals surface area contributed by atoms with E-state index in [9.17, 15) is 22.8 Å². The number of carbonyl (C=O) groups is 1. The summed E-state index contributed by atoms with van der Waals surface area (Å²) in [5.74, 6) is -0.782. The number of likely N-dealkylation sites (tertiary alicyclic amines) is 1. The first kappa shape index (κ1) is 25.2. The Morgan fingerprint density at radius 3 is 2.23 bits per heavy atom. The quantitative estimate of drug-likeness (QED) is 0.657. The molecule has 0 amide bonds. The number of rotatable bonds is 4. The first-order valence-electron chi connectivity index (χ1n) is 11.7. The third-order valence-electron chi connectivity index (χ3n) is 7.01. The number of carboxylic acid groups (broad SMARTS) is 1. The van der Waals surface area contributed by atoms with E-state index in [1.54, 1.807) is 4.57 Å². The van der Waals surface area contributed by atoms with Crippen molar-refractivity contribution >= 4 is 5.97 Å². The van der Waals surface area contributed by atoms with E-state index < -0.39 is 17.7 Å². The molecule has 1 N–H and O–H groups in total. The molecular formula is C24H29F3N4O4. The molecule has 8 nitrogen and oxygen atoms in total. The van der Waals surface area contributed by atoms with Crippen LogP contribution in [0, 0.1) is 25.7 Å². The van der Waals surface area contributed by atoms with E-state index >= 15 is 0 Å². The smallest absolute Gasteiger partial charge is 0.475 e. The Morgan fingerprint density at radius 2 is 1.69 bits per heavy atom. The summed E-state index contributed by atoms with van der Waals surface area (Å²) in [6.45, 7) is 8.32. The van der Waals surface area contributed by atoms with Gasteiger partial charge in [-0.25, -0.2) is 9.48 Å². The Bertz CT molecular complexity index is 1210. The van der Waals surface area contributed by atoms with Gasteiger partial charge in [-0.05, 0) is 38.2 Å². The predicted octanol–water partition coefficient (Wildman–Crippen LogP) is 2.68. The number of alkyl halides is 3. The minimum absolute atomic E-state index is 0.256. The molecule has 1 aromatic heterocycles. The van der Waals surface area contributed by atoms with Crippen LogP contribution in [0.5, 0.6) is 0 Å². The number of hydrogen-bond donors (Lipinski definition) is 1. The molecule has 1 saturated carbocycles. The molecule has 3 heterocycles. The second-order valence-corrected chi connectivity index (χ2v) is 9.92. The highest BCUT2D eigenvalue weighted by atomic mass is 19.4. The molecule has 0 bridgehead atoms. The molecule has 5 rings (SSSR count). The highest BCUT2D eigenvalue weighted by Crippen LogP contribution is 2.38. The van der Waals surface area contributed by atoms with Crippen LogP contribution in [0.4, 0.5) is 13.2 Å². The highest BCUT2D eigenvalue weighted by molar-refractivity contribution is 5.73. The number of aliphatic carboxylic acids is 1. The van der Waals surface area contributed by atoms with Gasteiger partial charge in [0.25, 0.3) is 0 Å². The second-order valence-electron chi connectivity index (χ2n) is 9.92. The molecular weight excluding hydrogens is 465 g/mol. The van der Waals surface area contributed by atoms with Crippen molar-refractivity contribution in [3.63, 3.8) is 0 Å². The summed E-state index contributed by atoms with van der Waals surface area (Å²) in [6.07, 6.45) is -1.58. The summed E-state index contributed by atoms with van der Waals surface area (Å²) in [6, 6.07) is 6.72. The Labute approximate surface area is 200 Å². The molecule has 1 aliphatic carbocycles. The van der Waals surface area contributed by atoms with Crippen LogP contribution in [-0.4, -0.2) is 49.6 Å². The van der Waals surface area contributed by atoms with Crippen molar-refractivity contribution in [2.75, 3.05) is 13.1 Å². The summed E-state index contributed by atoms with van der Waals surface area (Å²) in [7, 11) is 0. The van der Waals surface area contributed by atoms with Gasteiger partial charge in [0.1, 0.15) is 5.82 Å². The fraction of sp³-hybridized carbons (Fsp3) is 0.583. The van der Waals surface area contributed by atoms with E-state index in [2.05, 4.69) is 42.0 Å². The zero-order valence-electron chi connectivity index (χ0n) is 19.7. The van der Waals surface area contributed by atoms with Gasteiger partial charge in [0.2, 0.25) is 0 Å². The summed E-state index contributed by atoms with van der Waals surface area (Å²) in [5, 5.41) is 11.8. The fourth-order valence-electron chi connectivity index (χ4n) is 5.27. The number of fused-ring (bicyclic) bond motifs is 3. The fourth-order valence-corrected chi connectivity index (χ4v) is 5.27. The minimum atomic E-state index is -5.08. The van der Waals surface area contributed by atoms with Crippen LogP contribution >= 0.6 is 0 Å². The van der Waals surface area contributed by atoms with Gasteiger partial charge >= 0.3 is 23.3 Å². The van der Waals surface area contributed by atoms with Crippen LogP contribution in [0.25, 0.3) is 0 Å². The summed E-state index contributed by atoms with van der Waals surface area (Å²) in [4.78, 5) is 36.4. The van der Waals surface area contributed by atoms with Gasteiger partial charge in [-0.1, -0.05) is 35.7 Å². The highest BCUT2D eigenvalue weighted by Gasteiger charge is 2.43. The van der Waals surface area contributed by atoms with E-state index in [4.69, 9.17) is 9.90 Å². The Hall–Kier alpha value is -2.95. The van der Waals surface area contributed by atoms with Crippen LogP contribution in [-0.2, 0) is 24.4 Å². The maximum Gasteiger partial charge on any atom is 0.490 e. The van der Waals surface area contributed by atoms with Crippen molar-refractivity contribution in [1.82, 2.24) is 19.2 Å². The van der Waals surface area contributed by atoms with Gasteiger partial charge in [-0.3, -0.25) is 19.1 Å². The Morgan fingerprint density at radius 1 is 1.06 bits per heavy atom. The lowest BCUT2D eigenvalue weighted by molar-refractivity contribution is -0.192. The van der Waals surface area contributed by atoms with Crippen LogP contribution in [0.2, 0.25) is 0 Å². The normalized spacial score (nSPS) is 21.6. The number of carboxylic acids is 1. The average Bonchev–Trinajstić information content (AvgIpc) is 3.25. The first-order chi connectivity index (χ1) is 16.4. The van der Waals surface area contributed by atoms with Crippen LogP contribution in [0.3, 0.4) is 0 Å². The molecule has 1 saturated heterocycles. The molecule has 2 atom stereocenters. The number of aryl methyl sites for hydroxylation is 2. The van der Waals surface area contributed by atoms with Gasteiger partial charge in [0, 0.05) is 44.6 Å². The van der Waals surface area contributed by atoms with Crippen LogP contribution < -0.4 is 11.1 Å². The van der Waals surface area contributed by atoms with E-state index in [1.807, 2.05) is 0 Å². The van der Waals surface area contributed by atoms with Crippen molar-refractivity contribution < 1.29 is 23.1 Å². The number of benzene rings is 1. The third-order valence-corrected chi connectivity index (χ3v) is 7.01. The average molecular weight is 495 g/mol. The molecule has 2 fully saturated rings. The lowest BCUT2D eigenvalue weighted by Gasteiger charge is -2.25. The van der Waals surface area contributed by atoms with Crippen molar-refractivity contribution in [1.29, 1.82) is 0 Å². The number of aromatic nitrogens is 3. The summed E-state index contributed by atoms with van der Waals surface area (Å²) in [5.41, 5.74) is 3.13. The van der Waals surface area contributed by atoms with Crippen LogP contribution in [0.1, 0.15) is 47.7 Å². The lowest BCUT2D eigenvalue weighted by atomic mass is 9.85. The predicted molar refractivity (Wildman–Crippen MR) is 121 cm³/mol. The Balaban J connectivity index is 0.000000364. The Kier molecular flexibility index (Phi) is 6.90. The number of hydrogen-bond acceptors (Lipinski definition) is 5. The molecule has 190 valence electrons. The molecule has 35 heavy (non-hydrogen) atoms. The van der Waals surface area contributed by atoms with E-state index in [0.29, 0.717) is 24.9 Å². The zero-order valence-corrected chi connectivity index (χ0v) is 19.7. The van der Waals surface area contributed by atoms with Gasteiger partial charge in [-0.15, -0.1) is 0 Å². The number of nitrogens with zero attached hydrogens (tertiary/aromatic N) is 4. The minimum Gasteiger partial charge on any atom is -0.475 e. The van der Waals surface area contributed by atoms with Gasteiger partial charge < -0.3 is 5.11 Å². The van der Waals surface area contributed by atoms with Crippen LogP contribution in [0.15, 0.2) is 27.8 Å². The van der Waals surface area contributed by atoms with Gasteiger partial charge in [0.05, 0.1) is 0 Å². The van der Waals surface area contributed by atoms with Crippen molar-refractivity contribution in [2.24, 2.45) is 11.8 Å². The maximum absolute atomic E-state index is 12.6. The van der Waals surface area contributed by atoms with E-state index in [0.717, 1.165) is 38.3 Å². The standard InChI is InChI=1S/C22H28N4O2.C2HF3O2/c1-14-6-15(2)8-17(7-14)9-24-11-18-12-25-20(19(18)13-24)23-26(22(28)21(25)27)10-16-4-3-5-16;3-2(4,5)1(6)7/h6-8,16,18-19H,3-5,9-13H2,1-2H3;(H,6,7). The molecule has 1 aromatic carbocycles. The van der Waals surface area contributed by atoms with Crippen molar-refractivity contribution in [2.45, 2.75) is 64.8 Å². The zero-order chi connectivity index (χ0) is 25.5. The second kappa shape index (κ2) is 9.60. The SMILES string of the molecule is Cc1cc(C)cc(CN2CC3Cn4c(nn(CC5CCC5)c(=O)c4=O)C3C2)c1.O=C(O)C(F)(F)F. The first-order valence-corrected chi connectivity index (χ1v) is 11.7. The largest absolute Gasteiger partial charge is 0.490 e. The molecule has 2 aromatic rings. The molecule has 0 spiro atoms. The molecule has 2 unspecified atom stereocenters. The molecule has 11 heteroatoms. The summed E-state index contributed by atoms with van der Waals surface area (Å²) >= 11 is 0. The van der Waals surface area contributed by atoms with Gasteiger partial charge in [0.15, 0.2) is 0 Å². The molecule has 0 radical (unpaired) electrons. The third kappa shape index (κ3) is 5.50. The van der Waals surface area contributed by atoms with Crippen molar-refractivity contribution in [3.05, 3.63) is 61.4 Å². The monoisotopic (exact) mass is 494 g/mol. The van der Waals surface area contributed by atoms with Gasteiger partial charge in [-0.2, -0.15) is 18.3 Å². The molecule has 2 aliphatic heterocycles. The summed E-state index contributed by atoms with van der Waals surface area (Å²) < 4.78 is 34.9. The lowest BCUT2D eigenvalue weighted by Crippen LogP contribution is -2.45. The van der Waals surface area contributed by atoms with E-state index in [-0.39, 0.29) is 11.5 Å². The topological polar surface area (TPSA) is 97.4 Å². The maximum atomic E-state index is 12.6. The van der Waals surface area contributed by atoms with E-state index in [1.165, 1.54) is 27.8 Å². The molecule has 3 aliphatic rings. The van der Waals surface area contributed by atoms with Crippen molar-refractivity contribution in [3.8, 4) is 0 Å².